The van der Waals surface area contributed by atoms with Crippen molar-refractivity contribution >= 4 is 43.2 Å². The van der Waals surface area contributed by atoms with Gasteiger partial charge in [-0.2, -0.15) is 0 Å². The van der Waals surface area contributed by atoms with E-state index in [9.17, 15) is 19.2 Å². The van der Waals surface area contributed by atoms with Gasteiger partial charge in [-0.15, -0.1) is 0 Å². The maximum atomic E-state index is 14.1. The van der Waals surface area contributed by atoms with Gasteiger partial charge in [0.15, 0.2) is 13.4 Å². The number of Topliss-reactive ketones (excluding diaryl/α,β-unsaturated/α-hetero) is 2. The summed E-state index contributed by atoms with van der Waals surface area (Å²) in [7, 11) is -2.03. The molecule has 0 unspecified atom stereocenters. The van der Waals surface area contributed by atoms with E-state index in [0.29, 0.717) is 25.1 Å². The monoisotopic (exact) mass is 552 g/mol. The van der Waals surface area contributed by atoms with Crippen molar-refractivity contribution in [1.29, 1.82) is 0 Å². The van der Waals surface area contributed by atoms with Gasteiger partial charge in [0.05, 0.1) is 11.5 Å². The lowest BCUT2D eigenvalue weighted by atomic mass is 9.50. The SMILES string of the molecule is CC(=O)SC[C@@H]1[C@@H]([C@@]2(COC=O)CC[C@H](O[Si](C)(C)C(C)(C)C)CC2=O)CC[C@]2(C)[C@@H](C(C)=O)CC[C@@H]12. The van der Waals surface area contributed by atoms with Gasteiger partial charge in [-0.05, 0) is 86.7 Å². The van der Waals surface area contributed by atoms with Crippen LogP contribution in [-0.2, 0) is 28.3 Å². The van der Waals surface area contributed by atoms with Crippen molar-refractivity contribution in [2.45, 2.75) is 111 Å². The molecule has 8 heteroatoms. The molecule has 0 radical (unpaired) electrons. The maximum absolute atomic E-state index is 14.1. The standard InChI is InChI=1S/C29H48O6SSi/c1-19(31)23-9-10-24-22(16-36-20(2)32)25(12-13-28(23,24)6)29(17-34-18-30)14-11-21(15-26(29)33)35-37(7,8)27(3,4)5/h18,21-25H,9-17H2,1-8H3/t21-,22-,23+,24-,25-,28+,29-/m0/s1. The minimum atomic E-state index is -2.03. The Morgan fingerprint density at radius 3 is 2.30 bits per heavy atom. The van der Waals surface area contributed by atoms with Crippen molar-refractivity contribution in [1.82, 2.24) is 0 Å². The zero-order valence-electron chi connectivity index (χ0n) is 24.2. The van der Waals surface area contributed by atoms with Crippen LogP contribution in [0.25, 0.3) is 0 Å². The van der Waals surface area contributed by atoms with Gasteiger partial charge in [-0.1, -0.05) is 39.5 Å². The first-order valence-electron chi connectivity index (χ1n) is 14.0. The van der Waals surface area contributed by atoms with E-state index >= 15 is 0 Å². The van der Waals surface area contributed by atoms with E-state index < -0.39 is 13.7 Å². The predicted molar refractivity (Wildman–Crippen MR) is 150 cm³/mol. The third kappa shape index (κ3) is 5.96. The molecular formula is C29H48O6SSi. The van der Waals surface area contributed by atoms with Crippen LogP contribution in [-0.4, -0.2) is 49.9 Å². The quantitative estimate of drug-likeness (QED) is 0.248. The maximum Gasteiger partial charge on any atom is 0.293 e. The van der Waals surface area contributed by atoms with Crippen LogP contribution in [0, 0.1) is 34.5 Å². The van der Waals surface area contributed by atoms with Crippen molar-refractivity contribution in [3.8, 4) is 0 Å². The van der Waals surface area contributed by atoms with Gasteiger partial charge in [0.2, 0.25) is 0 Å². The molecule has 7 atom stereocenters. The van der Waals surface area contributed by atoms with Crippen molar-refractivity contribution in [3.05, 3.63) is 0 Å². The summed E-state index contributed by atoms with van der Waals surface area (Å²) in [4.78, 5) is 50.1. The second-order valence-electron chi connectivity index (χ2n) is 13.7. The molecule has 3 rings (SSSR count). The first-order chi connectivity index (χ1) is 17.1. The van der Waals surface area contributed by atoms with Crippen molar-refractivity contribution < 1.29 is 28.3 Å². The fourth-order valence-electron chi connectivity index (χ4n) is 7.69. The summed E-state index contributed by atoms with van der Waals surface area (Å²) in [5.41, 5.74) is -0.866. The van der Waals surface area contributed by atoms with E-state index in [0.717, 1.165) is 32.1 Å². The number of thioether (sulfide) groups is 1. The highest BCUT2D eigenvalue weighted by atomic mass is 32.2. The first kappa shape index (κ1) is 30.5. The zero-order valence-corrected chi connectivity index (χ0v) is 26.0. The lowest BCUT2D eigenvalue weighted by molar-refractivity contribution is -0.157. The highest BCUT2D eigenvalue weighted by Crippen LogP contribution is 2.63. The summed E-state index contributed by atoms with van der Waals surface area (Å²) >= 11 is 1.33. The molecular weight excluding hydrogens is 504 g/mol. The number of ether oxygens (including phenoxy) is 1. The molecule has 0 aromatic heterocycles. The Kier molecular flexibility index (Phi) is 9.28. The number of carbonyl (C=O) groups excluding carboxylic acids is 4. The highest BCUT2D eigenvalue weighted by Gasteiger charge is 2.61. The van der Waals surface area contributed by atoms with Crippen molar-refractivity contribution in [2.24, 2.45) is 34.5 Å². The van der Waals surface area contributed by atoms with Gasteiger partial charge in [0.25, 0.3) is 6.47 Å². The van der Waals surface area contributed by atoms with Crippen molar-refractivity contribution in [3.63, 3.8) is 0 Å². The second-order valence-corrected chi connectivity index (χ2v) is 19.6. The van der Waals surface area contributed by atoms with E-state index in [2.05, 4.69) is 40.8 Å². The normalized spacial score (nSPS) is 36.6. The lowest BCUT2D eigenvalue weighted by Gasteiger charge is -2.55. The smallest absolute Gasteiger partial charge is 0.293 e. The van der Waals surface area contributed by atoms with E-state index in [-0.39, 0.29) is 63.5 Å². The fraction of sp³-hybridized carbons (Fsp3) is 0.862. The van der Waals surface area contributed by atoms with Gasteiger partial charge < -0.3 is 9.16 Å². The number of ketones is 2. The van der Waals surface area contributed by atoms with E-state index in [1.807, 2.05) is 0 Å². The summed E-state index contributed by atoms with van der Waals surface area (Å²) in [6, 6.07) is 0. The van der Waals surface area contributed by atoms with Crippen LogP contribution in [0.5, 0.6) is 0 Å². The van der Waals surface area contributed by atoms with Crippen LogP contribution in [0.2, 0.25) is 18.1 Å². The molecule has 0 bridgehead atoms. The van der Waals surface area contributed by atoms with Crippen molar-refractivity contribution in [2.75, 3.05) is 12.4 Å². The average Bonchev–Trinajstić information content (AvgIpc) is 3.14. The molecule has 6 nitrogen and oxygen atoms in total. The minimum absolute atomic E-state index is 0.0180. The lowest BCUT2D eigenvalue weighted by Crippen LogP contribution is -2.56. The molecule has 0 aromatic rings. The van der Waals surface area contributed by atoms with E-state index in [1.165, 1.54) is 11.8 Å². The Hall–Kier alpha value is -0.993. The largest absolute Gasteiger partial charge is 0.467 e. The number of hydrogen-bond donors (Lipinski definition) is 0. The molecule has 37 heavy (non-hydrogen) atoms. The van der Waals surface area contributed by atoms with Crippen LogP contribution in [0.15, 0.2) is 0 Å². The van der Waals surface area contributed by atoms with E-state index in [1.54, 1.807) is 13.8 Å². The summed E-state index contributed by atoms with van der Waals surface area (Å²) in [5, 5.41) is 0.132. The van der Waals surface area contributed by atoms with E-state index in [4.69, 9.17) is 9.16 Å². The molecule has 3 fully saturated rings. The summed E-state index contributed by atoms with van der Waals surface area (Å²) in [6.07, 6.45) is 5.14. The second kappa shape index (κ2) is 11.2. The Labute approximate surface area is 228 Å². The van der Waals surface area contributed by atoms with Gasteiger partial charge in [0, 0.05) is 25.0 Å². The van der Waals surface area contributed by atoms with Crippen LogP contribution >= 0.6 is 11.8 Å². The molecule has 3 aliphatic rings. The summed E-state index contributed by atoms with van der Waals surface area (Å²) < 4.78 is 12.1. The Morgan fingerprint density at radius 2 is 1.76 bits per heavy atom. The molecule has 0 aliphatic heterocycles. The third-order valence-electron chi connectivity index (χ3n) is 10.7. The van der Waals surface area contributed by atoms with Crippen LogP contribution in [0.1, 0.15) is 86.5 Å². The number of hydrogen-bond acceptors (Lipinski definition) is 7. The molecule has 0 amide bonds. The van der Waals surface area contributed by atoms with Crippen LogP contribution in [0.4, 0.5) is 0 Å². The Balaban J connectivity index is 1.93. The molecule has 0 N–H and O–H groups in total. The molecule has 3 aliphatic carbocycles. The van der Waals surface area contributed by atoms with Crippen LogP contribution < -0.4 is 0 Å². The number of rotatable bonds is 9. The molecule has 210 valence electrons. The molecule has 3 saturated carbocycles. The van der Waals surface area contributed by atoms with Crippen LogP contribution in [0.3, 0.4) is 0 Å². The minimum Gasteiger partial charge on any atom is -0.467 e. The summed E-state index contributed by atoms with van der Waals surface area (Å²) in [5.74, 6) is 1.48. The molecule has 0 aromatic carbocycles. The molecule has 0 spiro atoms. The van der Waals surface area contributed by atoms with Gasteiger partial charge >= 0.3 is 0 Å². The van der Waals surface area contributed by atoms with Gasteiger partial charge in [-0.25, -0.2) is 0 Å². The highest BCUT2D eigenvalue weighted by molar-refractivity contribution is 8.13. The van der Waals surface area contributed by atoms with Gasteiger partial charge in [0.1, 0.15) is 18.2 Å². The number of carbonyl (C=O) groups is 4. The predicted octanol–water partition coefficient (Wildman–Crippen LogP) is 6.22. The Morgan fingerprint density at radius 1 is 1.08 bits per heavy atom. The Bertz CT molecular complexity index is 897. The third-order valence-corrected chi connectivity index (χ3v) is 16.2. The number of fused-ring (bicyclic) bond motifs is 1. The molecule has 0 heterocycles. The summed E-state index contributed by atoms with van der Waals surface area (Å²) in [6.45, 7) is 17.2. The fourth-order valence-corrected chi connectivity index (χ4v) is 9.97. The first-order valence-corrected chi connectivity index (χ1v) is 17.9. The zero-order chi connectivity index (χ0) is 27.8. The van der Waals surface area contributed by atoms with Gasteiger partial charge in [-0.3, -0.25) is 19.2 Å². The molecule has 0 saturated heterocycles. The topological polar surface area (TPSA) is 86.7 Å². The average molecular weight is 553 g/mol.